The van der Waals surface area contributed by atoms with Crippen molar-refractivity contribution in [1.82, 2.24) is 9.78 Å². The maximum Gasteiger partial charge on any atom is 0.146 e. The number of halogens is 1. The van der Waals surface area contributed by atoms with Gasteiger partial charge < -0.3 is 5.73 Å². The zero-order valence-corrected chi connectivity index (χ0v) is 10.3. The zero-order valence-electron chi connectivity index (χ0n) is 10.3. The van der Waals surface area contributed by atoms with Crippen LogP contribution in [0.5, 0.6) is 0 Å². The van der Waals surface area contributed by atoms with Crippen LogP contribution in [0.25, 0.3) is 0 Å². The number of hydrogen-bond acceptors (Lipinski definition) is 2. The van der Waals surface area contributed by atoms with Crippen molar-refractivity contribution in [3.05, 3.63) is 46.5 Å². The lowest BCUT2D eigenvalue weighted by Crippen LogP contribution is -2.05. The van der Waals surface area contributed by atoms with E-state index in [9.17, 15) is 4.39 Å². The molecule has 0 saturated carbocycles. The van der Waals surface area contributed by atoms with Crippen LogP contribution in [0.1, 0.15) is 22.5 Å². The quantitative estimate of drug-likeness (QED) is 0.810. The van der Waals surface area contributed by atoms with Crippen LogP contribution in [-0.4, -0.2) is 9.78 Å². The summed E-state index contributed by atoms with van der Waals surface area (Å²) in [6.07, 6.45) is 0. The molecule has 0 saturated heterocycles. The van der Waals surface area contributed by atoms with Gasteiger partial charge in [0, 0.05) is 5.69 Å². The molecule has 3 nitrogen and oxygen atoms in total. The summed E-state index contributed by atoms with van der Waals surface area (Å²) < 4.78 is 15.2. The van der Waals surface area contributed by atoms with E-state index < -0.39 is 0 Å². The van der Waals surface area contributed by atoms with Gasteiger partial charge in [0.2, 0.25) is 0 Å². The van der Waals surface area contributed by atoms with E-state index >= 15 is 0 Å². The molecule has 1 heterocycles. The van der Waals surface area contributed by atoms with Gasteiger partial charge in [-0.2, -0.15) is 5.10 Å². The molecule has 2 rings (SSSR count). The number of rotatable bonds is 2. The van der Waals surface area contributed by atoms with Crippen molar-refractivity contribution in [3.63, 3.8) is 0 Å². The number of benzene rings is 1. The van der Waals surface area contributed by atoms with Crippen LogP contribution in [0.2, 0.25) is 0 Å². The van der Waals surface area contributed by atoms with Crippen molar-refractivity contribution in [1.29, 1.82) is 0 Å². The van der Waals surface area contributed by atoms with Crippen LogP contribution in [0.3, 0.4) is 0 Å². The van der Waals surface area contributed by atoms with Gasteiger partial charge in [0.15, 0.2) is 0 Å². The van der Waals surface area contributed by atoms with Gasteiger partial charge in [0.05, 0.1) is 17.9 Å². The fourth-order valence-electron chi connectivity index (χ4n) is 1.78. The first-order valence-electron chi connectivity index (χ1n) is 5.53. The predicted octanol–water partition coefficient (Wildman–Crippen LogP) is 2.58. The molecule has 0 bridgehead atoms. The minimum Gasteiger partial charge on any atom is -0.396 e. The minimum atomic E-state index is -0.374. The molecule has 0 unspecified atom stereocenters. The summed E-state index contributed by atoms with van der Waals surface area (Å²) in [5.74, 6) is -0.374. The Labute approximate surface area is 100 Å². The van der Waals surface area contributed by atoms with Gasteiger partial charge in [-0.05, 0) is 44.0 Å². The second kappa shape index (κ2) is 4.20. The van der Waals surface area contributed by atoms with Gasteiger partial charge in [0.1, 0.15) is 5.82 Å². The number of hydrogen-bond donors (Lipinski definition) is 1. The molecule has 2 aromatic rings. The maximum atomic E-state index is 13.3. The summed E-state index contributed by atoms with van der Waals surface area (Å²) in [5.41, 5.74) is 9.79. The summed E-state index contributed by atoms with van der Waals surface area (Å²) in [5, 5.41) is 4.42. The maximum absolute atomic E-state index is 13.3. The highest BCUT2D eigenvalue weighted by molar-refractivity contribution is 5.41. The van der Waals surface area contributed by atoms with Gasteiger partial charge in [-0.3, -0.25) is 4.68 Å². The topological polar surface area (TPSA) is 43.8 Å². The molecule has 0 spiro atoms. The van der Waals surface area contributed by atoms with Crippen molar-refractivity contribution in [2.24, 2.45) is 0 Å². The highest BCUT2D eigenvalue weighted by Gasteiger charge is 2.08. The summed E-state index contributed by atoms with van der Waals surface area (Å²) in [6.45, 7) is 6.60. The molecule has 0 radical (unpaired) electrons. The lowest BCUT2D eigenvalue weighted by molar-refractivity contribution is 0.619. The highest BCUT2D eigenvalue weighted by atomic mass is 19.1. The Hall–Kier alpha value is -1.84. The first-order valence-corrected chi connectivity index (χ1v) is 5.53. The molecular weight excluding hydrogens is 217 g/mol. The van der Waals surface area contributed by atoms with Gasteiger partial charge in [-0.25, -0.2) is 4.39 Å². The highest BCUT2D eigenvalue weighted by Crippen LogP contribution is 2.16. The monoisotopic (exact) mass is 233 g/mol. The molecule has 0 aliphatic rings. The van der Waals surface area contributed by atoms with E-state index in [4.69, 9.17) is 5.73 Å². The van der Waals surface area contributed by atoms with Crippen LogP contribution in [0.4, 0.5) is 10.1 Å². The summed E-state index contributed by atoms with van der Waals surface area (Å²) in [7, 11) is 0. The van der Waals surface area contributed by atoms with Crippen molar-refractivity contribution in [2.45, 2.75) is 27.3 Å². The fraction of sp³-hybridized carbons (Fsp3) is 0.308. The van der Waals surface area contributed by atoms with Crippen molar-refractivity contribution in [3.8, 4) is 0 Å². The molecule has 4 heteroatoms. The van der Waals surface area contributed by atoms with Crippen LogP contribution in [-0.2, 0) is 6.54 Å². The van der Waals surface area contributed by atoms with E-state index in [1.54, 1.807) is 6.07 Å². The summed E-state index contributed by atoms with van der Waals surface area (Å²) in [6, 6.07) is 4.87. The van der Waals surface area contributed by atoms with E-state index in [2.05, 4.69) is 5.10 Å². The molecular formula is C13H16FN3. The average Bonchev–Trinajstić information content (AvgIpc) is 2.52. The van der Waals surface area contributed by atoms with Crippen LogP contribution in [0.15, 0.2) is 18.2 Å². The Balaban J connectivity index is 2.31. The van der Waals surface area contributed by atoms with Gasteiger partial charge >= 0.3 is 0 Å². The molecule has 1 aromatic carbocycles. The van der Waals surface area contributed by atoms with E-state index in [1.165, 1.54) is 11.6 Å². The molecule has 17 heavy (non-hydrogen) atoms. The van der Waals surface area contributed by atoms with Gasteiger partial charge in [-0.15, -0.1) is 0 Å². The van der Waals surface area contributed by atoms with E-state index in [1.807, 2.05) is 31.5 Å². The predicted molar refractivity (Wildman–Crippen MR) is 66.4 cm³/mol. The third-order valence-electron chi connectivity index (χ3n) is 3.14. The second-order valence-corrected chi connectivity index (χ2v) is 4.31. The molecule has 90 valence electrons. The van der Waals surface area contributed by atoms with E-state index in [0.717, 1.165) is 17.0 Å². The summed E-state index contributed by atoms with van der Waals surface area (Å²) >= 11 is 0. The van der Waals surface area contributed by atoms with Gasteiger partial charge in [0.25, 0.3) is 0 Å². The lowest BCUT2D eigenvalue weighted by Gasteiger charge is -2.06. The zero-order chi connectivity index (χ0) is 12.6. The SMILES string of the molecule is Cc1nn(Cc2ccc(N)c(F)c2)c(C)c1C. The molecule has 0 fully saturated rings. The molecule has 1 aromatic heterocycles. The number of aromatic nitrogens is 2. The van der Waals surface area contributed by atoms with Gasteiger partial charge in [-0.1, -0.05) is 6.07 Å². The van der Waals surface area contributed by atoms with Crippen molar-refractivity contribution >= 4 is 5.69 Å². The normalized spacial score (nSPS) is 10.8. The third kappa shape index (κ3) is 2.16. The molecule has 0 amide bonds. The number of aryl methyl sites for hydroxylation is 1. The summed E-state index contributed by atoms with van der Waals surface area (Å²) in [4.78, 5) is 0. The smallest absolute Gasteiger partial charge is 0.146 e. The number of nitrogens with two attached hydrogens (primary N) is 1. The number of nitrogen functional groups attached to an aromatic ring is 1. The fourth-order valence-corrected chi connectivity index (χ4v) is 1.78. The first-order chi connectivity index (χ1) is 7.99. The molecule has 0 aliphatic carbocycles. The third-order valence-corrected chi connectivity index (χ3v) is 3.14. The van der Waals surface area contributed by atoms with E-state index in [0.29, 0.717) is 6.54 Å². The Morgan fingerprint density at radius 2 is 2.00 bits per heavy atom. The second-order valence-electron chi connectivity index (χ2n) is 4.31. The Bertz CT molecular complexity index is 558. The molecule has 2 N–H and O–H groups in total. The average molecular weight is 233 g/mol. The largest absolute Gasteiger partial charge is 0.396 e. The van der Waals surface area contributed by atoms with Crippen LogP contribution >= 0.6 is 0 Å². The number of anilines is 1. The standard InChI is InChI=1S/C13H16FN3/c1-8-9(2)16-17(10(8)3)7-11-4-5-13(15)12(14)6-11/h4-6H,7,15H2,1-3H3. The molecule has 0 atom stereocenters. The lowest BCUT2D eigenvalue weighted by atomic mass is 10.2. The Morgan fingerprint density at radius 3 is 2.53 bits per heavy atom. The van der Waals surface area contributed by atoms with Crippen LogP contribution < -0.4 is 5.73 Å². The van der Waals surface area contributed by atoms with Crippen molar-refractivity contribution in [2.75, 3.05) is 5.73 Å². The minimum absolute atomic E-state index is 0.179. The van der Waals surface area contributed by atoms with Crippen LogP contribution in [0, 0.1) is 26.6 Å². The molecule has 0 aliphatic heterocycles. The van der Waals surface area contributed by atoms with Crippen molar-refractivity contribution < 1.29 is 4.39 Å². The Morgan fingerprint density at radius 1 is 1.29 bits per heavy atom. The number of nitrogens with zero attached hydrogens (tertiary/aromatic N) is 2. The van der Waals surface area contributed by atoms with E-state index in [-0.39, 0.29) is 11.5 Å². The first kappa shape index (κ1) is 11.6. The Kier molecular flexibility index (Phi) is 2.88.